The lowest BCUT2D eigenvalue weighted by atomic mass is 10.1. The molecule has 1 aromatic heterocycles. The van der Waals surface area contributed by atoms with Gasteiger partial charge in [-0.25, -0.2) is 18.6 Å². The Hall–Kier alpha value is -3.21. The molecule has 2 bridgehead atoms. The summed E-state index contributed by atoms with van der Waals surface area (Å²) in [6.45, 7) is 4.10. The number of alkyl halides is 2. The van der Waals surface area contributed by atoms with Crippen LogP contribution in [0.15, 0.2) is 24.4 Å². The lowest BCUT2D eigenvalue weighted by Gasteiger charge is -2.40. The summed E-state index contributed by atoms with van der Waals surface area (Å²) in [5, 5.41) is 6.35. The molecule has 2 atom stereocenters. The minimum absolute atomic E-state index is 0.112. The summed E-state index contributed by atoms with van der Waals surface area (Å²) in [7, 11) is 2.25. The number of anilines is 4. The van der Waals surface area contributed by atoms with Crippen molar-refractivity contribution in [3.05, 3.63) is 35.5 Å². The first-order valence-corrected chi connectivity index (χ1v) is 14.1. The van der Waals surface area contributed by atoms with Crippen LogP contribution in [-0.2, 0) is 4.74 Å². The van der Waals surface area contributed by atoms with Gasteiger partial charge in [0, 0.05) is 62.4 Å². The molecule has 0 unspecified atom stereocenters. The molecule has 4 heterocycles. The van der Waals surface area contributed by atoms with Crippen LogP contribution in [0.5, 0.6) is 0 Å². The van der Waals surface area contributed by atoms with E-state index in [0.717, 1.165) is 38.0 Å². The third kappa shape index (κ3) is 5.73. The van der Waals surface area contributed by atoms with E-state index in [0.29, 0.717) is 50.7 Å². The second-order valence-corrected chi connectivity index (χ2v) is 11.2. The molecule has 4 aliphatic rings. The number of carbonyl (C=O) groups is 1. The van der Waals surface area contributed by atoms with Gasteiger partial charge in [0.2, 0.25) is 5.95 Å². The molecule has 9 nitrogen and oxygen atoms in total. The zero-order valence-electron chi connectivity index (χ0n) is 22.4. The van der Waals surface area contributed by atoms with Crippen LogP contribution in [0, 0.1) is 0 Å². The Labute approximate surface area is 227 Å². The lowest BCUT2D eigenvalue weighted by Crippen LogP contribution is -2.52. The van der Waals surface area contributed by atoms with Crippen molar-refractivity contribution in [2.24, 2.45) is 0 Å². The monoisotopic (exact) mass is 541 g/mol. The summed E-state index contributed by atoms with van der Waals surface area (Å²) in [5.41, 5.74) is 3.18. The quantitative estimate of drug-likeness (QED) is 0.408. The van der Waals surface area contributed by atoms with Gasteiger partial charge in [0.15, 0.2) is 0 Å². The van der Waals surface area contributed by atoms with Crippen LogP contribution < -0.4 is 15.5 Å². The first-order chi connectivity index (χ1) is 19.0. The van der Waals surface area contributed by atoms with Crippen LogP contribution in [0.2, 0.25) is 0 Å². The average Bonchev–Trinajstić information content (AvgIpc) is 3.75. The Morgan fingerprint density at radius 1 is 1.15 bits per heavy atom. The van der Waals surface area contributed by atoms with Gasteiger partial charge < -0.3 is 25.2 Å². The Kier molecular flexibility index (Phi) is 7.42. The number of nitrogens with one attached hydrogen (secondary N) is 2. The topological polar surface area (TPSA) is 85.9 Å². The van der Waals surface area contributed by atoms with Crippen molar-refractivity contribution in [1.29, 1.82) is 0 Å². The molecule has 4 fully saturated rings. The van der Waals surface area contributed by atoms with E-state index in [1.54, 1.807) is 4.90 Å². The van der Waals surface area contributed by atoms with Gasteiger partial charge >= 0.3 is 6.09 Å². The van der Waals surface area contributed by atoms with Gasteiger partial charge in [-0.1, -0.05) is 0 Å². The molecule has 1 aliphatic carbocycles. The molecule has 210 valence electrons. The van der Waals surface area contributed by atoms with Crippen molar-refractivity contribution in [1.82, 2.24) is 19.8 Å². The Morgan fingerprint density at radius 2 is 1.95 bits per heavy atom. The molecule has 3 saturated heterocycles. The molecule has 6 rings (SSSR count). The number of cyclic esters (lactones) is 1. The van der Waals surface area contributed by atoms with Gasteiger partial charge in [0.1, 0.15) is 5.82 Å². The number of hydrogen-bond acceptors (Lipinski definition) is 8. The second-order valence-electron chi connectivity index (χ2n) is 11.2. The molecule has 0 spiro atoms. The van der Waals surface area contributed by atoms with E-state index in [2.05, 4.69) is 55.6 Å². The van der Waals surface area contributed by atoms with Crippen molar-refractivity contribution in [2.75, 3.05) is 61.9 Å². The number of piperazine rings is 1. The molecule has 0 radical (unpaired) electrons. The number of likely N-dealkylation sites (N-methyl/N-ethyl adjacent to an activating group) is 1. The SMILES string of the molecule is CN1[C@@H]2CC[C@H]1CN(c1ccc(Nc3ncc(C(F)F)c(NCCCN4CCCOC4=O)n3)c(C3CC3)c1)C2. The number of amides is 1. The van der Waals surface area contributed by atoms with Crippen LogP contribution in [0.25, 0.3) is 0 Å². The number of halogens is 2. The first kappa shape index (κ1) is 26.0. The van der Waals surface area contributed by atoms with Crippen LogP contribution in [0.4, 0.5) is 36.7 Å². The lowest BCUT2D eigenvalue weighted by molar-refractivity contribution is 0.0729. The highest BCUT2D eigenvalue weighted by Crippen LogP contribution is 2.46. The van der Waals surface area contributed by atoms with E-state index >= 15 is 0 Å². The molecular formula is C28H37F2N7O2. The number of aromatic nitrogens is 2. The van der Waals surface area contributed by atoms with E-state index in [9.17, 15) is 13.6 Å². The van der Waals surface area contributed by atoms with Crippen molar-refractivity contribution in [2.45, 2.75) is 63.0 Å². The number of carbonyl (C=O) groups excluding carboxylic acids is 1. The van der Waals surface area contributed by atoms with Gasteiger partial charge in [-0.3, -0.25) is 4.90 Å². The molecule has 2 aromatic rings. The average molecular weight is 542 g/mol. The summed E-state index contributed by atoms with van der Waals surface area (Å²) < 4.78 is 32.5. The smallest absolute Gasteiger partial charge is 0.409 e. The standard InChI is InChI=1S/C28H37F2N7O2/c1-35-20-6-7-21(35)17-37(16-20)19-8-9-24(22(14-19)18-4-5-18)33-27-32-15-23(25(29)30)26(34-27)31-10-2-11-36-12-3-13-39-28(36)38/h8-9,14-15,18,20-21,25H,2-7,10-13,16-17H2,1H3,(H2,31,32,33,34)/t20-,21+. The van der Waals surface area contributed by atoms with Crippen LogP contribution >= 0.6 is 0 Å². The number of nitrogens with zero attached hydrogens (tertiary/aromatic N) is 5. The van der Waals surface area contributed by atoms with Gasteiger partial charge in [-0.2, -0.15) is 4.98 Å². The highest BCUT2D eigenvalue weighted by molar-refractivity contribution is 5.68. The van der Waals surface area contributed by atoms with Crippen LogP contribution in [0.3, 0.4) is 0 Å². The third-order valence-corrected chi connectivity index (χ3v) is 8.52. The van der Waals surface area contributed by atoms with Gasteiger partial charge in [0.25, 0.3) is 6.43 Å². The fourth-order valence-corrected chi connectivity index (χ4v) is 6.07. The summed E-state index contributed by atoms with van der Waals surface area (Å²) in [6.07, 6.45) is 4.39. The number of benzene rings is 1. The van der Waals surface area contributed by atoms with E-state index in [4.69, 9.17) is 4.74 Å². The van der Waals surface area contributed by atoms with Crippen molar-refractivity contribution < 1.29 is 18.3 Å². The van der Waals surface area contributed by atoms with Crippen LogP contribution in [0.1, 0.15) is 62.0 Å². The zero-order chi connectivity index (χ0) is 26.9. The number of fused-ring (bicyclic) bond motifs is 2. The first-order valence-electron chi connectivity index (χ1n) is 14.1. The van der Waals surface area contributed by atoms with Crippen molar-refractivity contribution >= 4 is 29.2 Å². The molecule has 1 saturated carbocycles. The molecular weight excluding hydrogens is 504 g/mol. The maximum Gasteiger partial charge on any atom is 0.409 e. The predicted molar refractivity (Wildman–Crippen MR) is 146 cm³/mol. The molecule has 1 aromatic carbocycles. The number of rotatable bonds is 10. The largest absolute Gasteiger partial charge is 0.449 e. The Bertz CT molecular complexity index is 1180. The van der Waals surface area contributed by atoms with Crippen molar-refractivity contribution in [3.63, 3.8) is 0 Å². The summed E-state index contributed by atoms with van der Waals surface area (Å²) in [6, 6.07) is 7.76. The minimum atomic E-state index is -2.70. The van der Waals surface area contributed by atoms with Crippen LogP contribution in [-0.4, -0.2) is 84.3 Å². The summed E-state index contributed by atoms with van der Waals surface area (Å²) in [5.74, 6) is 0.895. The zero-order valence-corrected chi connectivity index (χ0v) is 22.4. The van der Waals surface area contributed by atoms with Gasteiger partial charge in [-0.05, 0) is 75.3 Å². The number of hydrogen-bond donors (Lipinski definition) is 2. The minimum Gasteiger partial charge on any atom is -0.449 e. The van der Waals surface area contributed by atoms with E-state index in [1.807, 2.05) is 0 Å². The highest BCUT2D eigenvalue weighted by Gasteiger charge is 2.38. The fourth-order valence-electron chi connectivity index (χ4n) is 6.07. The van der Waals surface area contributed by atoms with E-state index in [-0.39, 0.29) is 23.4 Å². The van der Waals surface area contributed by atoms with Crippen molar-refractivity contribution in [3.8, 4) is 0 Å². The molecule has 11 heteroatoms. The van der Waals surface area contributed by atoms with E-state index < -0.39 is 6.43 Å². The highest BCUT2D eigenvalue weighted by atomic mass is 19.3. The second kappa shape index (κ2) is 11.1. The normalized spacial score (nSPS) is 23.3. The Morgan fingerprint density at radius 3 is 2.67 bits per heavy atom. The molecule has 39 heavy (non-hydrogen) atoms. The number of ether oxygens (including phenoxy) is 1. The summed E-state index contributed by atoms with van der Waals surface area (Å²) >= 11 is 0. The summed E-state index contributed by atoms with van der Waals surface area (Å²) in [4.78, 5) is 27.1. The Balaban J connectivity index is 1.14. The molecule has 1 amide bonds. The third-order valence-electron chi connectivity index (χ3n) is 8.52. The van der Waals surface area contributed by atoms with Gasteiger partial charge in [0.05, 0.1) is 12.2 Å². The fraction of sp³-hybridized carbons (Fsp3) is 0.607. The molecule has 2 N–H and O–H groups in total. The maximum absolute atomic E-state index is 13.7. The maximum atomic E-state index is 13.7. The van der Waals surface area contributed by atoms with Gasteiger partial charge in [-0.15, -0.1) is 0 Å². The molecule has 3 aliphatic heterocycles. The predicted octanol–water partition coefficient (Wildman–Crippen LogP) is 4.96. The van der Waals surface area contributed by atoms with E-state index in [1.165, 1.54) is 30.3 Å².